The maximum Gasteiger partial charge on any atom is 0.255 e. The molecule has 0 radical (unpaired) electrons. The number of nitrogens with zero attached hydrogens (tertiary/aromatic N) is 2. The van der Waals surface area contributed by atoms with Crippen LogP contribution in [0.1, 0.15) is 23.7 Å². The third-order valence-corrected chi connectivity index (χ3v) is 2.45. The number of rotatable bonds is 5. The van der Waals surface area contributed by atoms with Crippen LogP contribution in [0.25, 0.3) is 0 Å². The summed E-state index contributed by atoms with van der Waals surface area (Å²) >= 11 is 5.57. The molecule has 88 valence electrons. The predicted octanol–water partition coefficient (Wildman–Crippen LogP) is 2.31. The molecular formula is C11H14ClFN2O. The van der Waals surface area contributed by atoms with Crippen LogP contribution in [-0.2, 0) is 0 Å². The lowest BCUT2D eigenvalue weighted by Crippen LogP contribution is -2.32. The Balaban J connectivity index is 2.74. The summed E-state index contributed by atoms with van der Waals surface area (Å²) in [6.45, 7) is 3.03. The third kappa shape index (κ3) is 3.45. The fraction of sp³-hybridized carbons (Fsp3) is 0.455. The molecule has 0 saturated heterocycles. The highest BCUT2D eigenvalue weighted by molar-refractivity contribution is 6.17. The lowest BCUT2D eigenvalue weighted by atomic mass is 10.2. The first-order valence-electron chi connectivity index (χ1n) is 5.14. The molecule has 0 atom stereocenters. The molecule has 0 aliphatic heterocycles. The van der Waals surface area contributed by atoms with E-state index < -0.39 is 5.82 Å². The van der Waals surface area contributed by atoms with Crippen LogP contribution in [0.3, 0.4) is 0 Å². The second kappa shape index (κ2) is 6.43. The van der Waals surface area contributed by atoms with Crippen LogP contribution in [0.5, 0.6) is 0 Å². The normalized spacial score (nSPS) is 10.2. The fourth-order valence-electron chi connectivity index (χ4n) is 1.37. The van der Waals surface area contributed by atoms with E-state index in [-0.39, 0.29) is 11.5 Å². The molecule has 0 aromatic carbocycles. The molecule has 1 amide bonds. The van der Waals surface area contributed by atoms with E-state index in [4.69, 9.17) is 11.6 Å². The van der Waals surface area contributed by atoms with Crippen molar-refractivity contribution in [3.8, 4) is 0 Å². The van der Waals surface area contributed by atoms with Crippen molar-refractivity contribution in [2.45, 2.75) is 13.3 Å². The second-order valence-electron chi connectivity index (χ2n) is 3.32. The molecule has 1 aromatic heterocycles. The van der Waals surface area contributed by atoms with Crippen LogP contribution in [0.2, 0.25) is 0 Å². The topological polar surface area (TPSA) is 33.2 Å². The van der Waals surface area contributed by atoms with Crippen LogP contribution >= 0.6 is 11.6 Å². The van der Waals surface area contributed by atoms with Crippen LogP contribution in [-0.4, -0.2) is 34.8 Å². The second-order valence-corrected chi connectivity index (χ2v) is 3.70. The van der Waals surface area contributed by atoms with E-state index >= 15 is 0 Å². The minimum atomic E-state index is -0.501. The number of amides is 1. The van der Waals surface area contributed by atoms with E-state index in [1.165, 1.54) is 12.3 Å². The van der Waals surface area contributed by atoms with Gasteiger partial charge < -0.3 is 4.90 Å². The van der Waals surface area contributed by atoms with Crippen molar-refractivity contribution in [1.29, 1.82) is 0 Å². The largest absolute Gasteiger partial charge is 0.339 e. The van der Waals surface area contributed by atoms with E-state index in [1.807, 2.05) is 6.92 Å². The van der Waals surface area contributed by atoms with Gasteiger partial charge in [-0.15, -0.1) is 11.6 Å². The maximum atomic E-state index is 12.9. The zero-order chi connectivity index (χ0) is 12.0. The highest BCUT2D eigenvalue weighted by Gasteiger charge is 2.14. The first-order chi connectivity index (χ1) is 7.69. The van der Waals surface area contributed by atoms with E-state index in [0.717, 1.165) is 12.6 Å². The molecule has 0 aliphatic carbocycles. The van der Waals surface area contributed by atoms with Crippen molar-refractivity contribution in [2.24, 2.45) is 0 Å². The molecule has 3 nitrogen and oxygen atoms in total. The van der Waals surface area contributed by atoms with Crippen LogP contribution < -0.4 is 0 Å². The Labute approximate surface area is 99.2 Å². The Kier molecular flexibility index (Phi) is 5.19. The first-order valence-corrected chi connectivity index (χ1v) is 5.68. The molecule has 0 spiro atoms. The van der Waals surface area contributed by atoms with Crippen molar-refractivity contribution in [1.82, 2.24) is 9.88 Å². The van der Waals surface area contributed by atoms with Crippen LogP contribution in [0, 0.1) is 5.82 Å². The summed E-state index contributed by atoms with van der Waals surface area (Å²) in [6, 6.07) is 1.19. The number of carbonyl (C=O) groups excluding carboxylic acids is 1. The van der Waals surface area contributed by atoms with Gasteiger partial charge >= 0.3 is 0 Å². The highest BCUT2D eigenvalue weighted by atomic mass is 35.5. The SMILES string of the molecule is CCN(CCCCl)C(=O)c1cncc(F)c1. The van der Waals surface area contributed by atoms with Crippen molar-refractivity contribution < 1.29 is 9.18 Å². The number of halogens is 2. The van der Waals surface area contributed by atoms with Gasteiger partial charge in [-0.25, -0.2) is 4.39 Å². The summed E-state index contributed by atoms with van der Waals surface area (Å²) in [7, 11) is 0. The van der Waals surface area contributed by atoms with Gasteiger partial charge in [0.25, 0.3) is 5.91 Å². The lowest BCUT2D eigenvalue weighted by Gasteiger charge is -2.20. The summed E-state index contributed by atoms with van der Waals surface area (Å²) in [4.78, 5) is 17.2. The fourth-order valence-corrected chi connectivity index (χ4v) is 1.48. The monoisotopic (exact) mass is 244 g/mol. The van der Waals surface area contributed by atoms with Crippen molar-refractivity contribution in [2.75, 3.05) is 19.0 Å². The number of hydrogen-bond acceptors (Lipinski definition) is 2. The van der Waals surface area contributed by atoms with Gasteiger partial charge in [-0.3, -0.25) is 9.78 Å². The highest BCUT2D eigenvalue weighted by Crippen LogP contribution is 2.06. The number of pyridine rings is 1. The minimum Gasteiger partial charge on any atom is -0.339 e. The van der Waals surface area contributed by atoms with Crippen molar-refractivity contribution in [3.05, 3.63) is 29.8 Å². The molecule has 0 N–H and O–H groups in total. The molecular weight excluding hydrogens is 231 g/mol. The summed E-state index contributed by atoms with van der Waals surface area (Å²) < 4.78 is 12.9. The van der Waals surface area contributed by atoms with Gasteiger partial charge in [0.1, 0.15) is 5.82 Å². The average Bonchev–Trinajstić information content (AvgIpc) is 2.29. The number of carbonyl (C=O) groups is 1. The number of aromatic nitrogens is 1. The minimum absolute atomic E-state index is 0.209. The molecule has 0 bridgehead atoms. The predicted molar refractivity (Wildman–Crippen MR) is 61.1 cm³/mol. The van der Waals surface area contributed by atoms with Gasteiger partial charge in [0.05, 0.1) is 11.8 Å². The third-order valence-electron chi connectivity index (χ3n) is 2.18. The summed E-state index contributed by atoms with van der Waals surface area (Å²) in [5.41, 5.74) is 0.274. The molecule has 1 rings (SSSR count). The maximum absolute atomic E-state index is 12.9. The van der Waals surface area contributed by atoms with E-state index in [9.17, 15) is 9.18 Å². The molecule has 0 aliphatic rings. The van der Waals surface area contributed by atoms with Crippen molar-refractivity contribution >= 4 is 17.5 Å². The molecule has 0 saturated carbocycles. The molecule has 1 heterocycles. The standard InChI is InChI=1S/C11H14ClFN2O/c1-2-15(5-3-4-12)11(16)9-6-10(13)8-14-7-9/h6-8H,2-5H2,1H3. The zero-order valence-electron chi connectivity index (χ0n) is 9.12. The van der Waals surface area contributed by atoms with E-state index in [2.05, 4.69) is 4.98 Å². The molecule has 16 heavy (non-hydrogen) atoms. The Morgan fingerprint density at radius 2 is 2.31 bits per heavy atom. The van der Waals surface area contributed by atoms with Gasteiger partial charge in [-0.05, 0) is 19.4 Å². The summed E-state index contributed by atoms with van der Waals surface area (Å²) in [6.07, 6.45) is 3.17. The first kappa shape index (κ1) is 12.9. The molecule has 5 heteroatoms. The Bertz CT molecular complexity index is 360. The number of hydrogen-bond donors (Lipinski definition) is 0. The van der Waals surface area contributed by atoms with Crippen molar-refractivity contribution in [3.63, 3.8) is 0 Å². The Hall–Kier alpha value is -1.16. The Morgan fingerprint density at radius 1 is 1.56 bits per heavy atom. The van der Waals surface area contributed by atoms with Gasteiger partial charge in [0.2, 0.25) is 0 Å². The lowest BCUT2D eigenvalue weighted by molar-refractivity contribution is 0.0764. The van der Waals surface area contributed by atoms with Gasteiger partial charge in [0, 0.05) is 25.2 Å². The molecule has 0 unspecified atom stereocenters. The van der Waals surface area contributed by atoms with Gasteiger partial charge in [-0.2, -0.15) is 0 Å². The zero-order valence-corrected chi connectivity index (χ0v) is 9.88. The van der Waals surface area contributed by atoms with Crippen LogP contribution in [0.15, 0.2) is 18.5 Å². The van der Waals surface area contributed by atoms with Gasteiger partial charge in [-0.1, -0.05) is 0 Å². The van der Waals surface area contributed by atoms with Crippen LogP contribution in [0.4, 0.5) is 4.39 Å². The smallest absolute Gasteiger partial charge is 0.255 e. The average molecular weight is 245 g/mol. The summed E-state index contributed by atoms with van der Waals surface area (Å²) in [5, 5.41) is 0. The van der Waals surface area contributed by atoms with E-state index in [1.54, 1.807) is 4.90 Å². The molecule has 0 fully saturated rings. The van der Waals surface area contributed by atoms with E-state index in [0.29, 0.717) is 19.0 Å². The molecule has 1 aromatic rings. The number of alkyl halides is 1. The van der Waals surface area contributed by atoms with Gasteiger partial charge in [0.15, 0.2) is 0 Å². The quantitative estimate of drug-likeness (QED) is 0.745. The summed E-state index contributed by atoms with van der Waals surface area (Å²) in [5.74, 6) is -0.204. The Morgan fingerprint density at radius 3 is 2.88 bits per heavy atom.